The fourth-order valence-corrected chi connectivity index (χ4v) is 1.75. The van der Waals surface area contributed by atoms with Gasteiger partial charge in [0.25, 0.3) is 5.56 Å². The zero-order valence-electron chi connectivity index (χ0n) is 10.1. The quantitative estimate of drug-likeness (QED) is 0.846. The summed E-state index contributed by atoms with van der Waals surface area (Å²) in [5.74, 6) is 0. The monoisotopic (exact) mass is 279 g/mol. The Kier molecular flexibility index (Phi) is 3.57. The smallest absolute Gasteiger partial charge is 0.300 e. The predicted octanol–water partition coefficient (Wildman–Crippen LogP) is 2.18. The topological polar surface area (TPSA) is 58.7 Å². The molecule has 0 radical (unpaired) electrons. The highest BCUT2D eigenvalue weighted by Gasteiger charge is 2.34. The molecule has 0 atom stereocenters. The van der Waals surface area contributed by atoms with E-state index in [2.05, 4.69) is 4.98 Å². The highest BCUT2D eigenvalue weighted by atomic mass is 19.4. The molecule has 0 amide bonds. The minimum Gasteiger partial charge on any atom is -0.300 e. The molecule has 0 fully saturated rings. The van der Waals surface area contributed by atoms with Gasteiger partial charge in [0.2, 0.25) is 0 Å². The summed E-state index contributed by atoms with van der Waals surface area (Å²) in [6.07, 6.45) is -3.30. The lowest BCUT2D eigenvalue weighted by molar-refractivity contribution is -0.144. The summed E-state index contributed by atoms with van der Waals surface area (Å²) < 4.78 is 39.2. The second-order valence-electron chi connectivity index (χ2n) is 3.99. The van der Waals surface area contributed by atoms with Gasteiger partial charge in [0.15, 0.2) is 0 Å². The van der Waals surface area contributed by atoms with Crippen LogP contribution >= 0.6 is 0 Å². The molecule has 0 saturated carbocycles. The van der Waals surface area contributed by atoms with E-state index in [-0.39, 0.29) is 12.2 Å². The van der Waals surface area contributed by atoms with Gasteiger partial charge in [-0.05, 0) is 23.8 Å². The largest absolute Gasteiger partial charge is 0.431 e. The molecule has 2 aromatic heterocycles. The molecule has 7 heteroatoms. The van der Waals surface area contributed by atoms with Gasteiger partial charge in [0.05, 0.1) is 6.54 Å². The highest BCUT2D eigenvalue weighted by molar-refractivity contribution is 5.26. The summed E-state index contributed by atoms with van der Waals surface area (Å²) in [7, 11) is 0. The normalized spacial score (nSPS) is 11.1. The van der Waals surface area contributed by atoms with E-state index in [0.29, 0.717) is 10.1 Å². The predicted molar refractivity (Wildman–Crippen MR) is 63.8 cm³/mol. The number of rotatable bonds is 2. The molecule has 4 nitrogen and oxygen atoms in total. The van der Waals surface area contributed by atoms with Crippen LogP contribution in [0, 0.1) is 11.3 Å². The number of nitrogens with zero attached hydrogens (tertiary/aromatic N) is 3. The van der Waals surface area contributed by atoms with E-state index in [1.54, 1.807) is 6.07 Å². The van der Waals surface area contributed by atoms with Crippen LogP contribution in [0.4, 0.5) is 13.2 Å². The van der Waals surface area contributed by atoms with Crippen molar-refractivity contribution in [1.82, 2.24) is 9.55 Å². The van der Waals surface area contributed by atoms with E-state index in [0.717, 1.165) is 18.2 Å². The van der Waals surface area contributed by atoms with E-state index in [1.807, 2.05) is 0 Å². The summed E-state index contributed by atoms with van der Waals surface area (Å²) in [5.41, 5.74) is -1.30. The summed E-state index contributed by atoms with van der Waals surface area (Å²) in [4.78, 5) is 15.4. The molecule has 0 spiro atoms. The average Bonchev–Trinajstić information content (AvgIpc) is 2.40. The van der Waals surface area contributed by atoms with Crippen LogP contribution in [0.1, 0.15) is 17.0 Å². The number of nitriles is 1. The van der Waals surface area contributed by atoms with Crippen LogP contribution in [0.15, 0.2) is 41.3 Å². The van der Waals surface area contributed by atoms with Crippen molar-refractivity contribution in [3.05, 3.63) is 63.8 Å². The minimum atomic E-state index is -4.62. The maximum atomic E-state index is 12.9. The van der Waals surface area contributed by atoms with Crippen molar-refractivity contribution in [2.75, 3.05) is 0 Å². The van der Waals surface area contributed by atoms with Crippen molar-refractivity contribution in [2.24, 2.45) is 0 Å². The lowest BCUT2D eigenvalue weighted by Gasteiger charge is -2.14. The number of hydrogen-bond acceptors (Lipinski definition) is 3. The van der Waals surface area contributed by atoms with Crippen LogP contribution in [-0.4, -0.2) is 9.55 Å². The molecule has 2 rings (SSSR count). The Bertz CT molecular complexity index is 729. The van der Waals surface area contributed by atoms with Crippen LogP contribution in [0.25, 0.3) is 0 Å². The average molecular weight is 279 g/mol. The van der Waals surface area contributed by atoms with Crippen molar-refractivity contribution in [1.29, 1.82) is 5.26 Å². The summed E-state index contributed by atoms with van der Waals surface area (Å²) in [5, 5.41) is 8.71. The van der Waals surface area contributed by atoms with Gasteiger partial charge in [-0.25, -0.2) is 4.98 Å². The Balaban J connectivity index is 2.48. The first kappa shape index (κ1) is 13.8. The van der Waals surface area contributed by atoms with Gasteiger partial charge in [0.1, 0.15) is 17.5 Å². The third-order valence-electron chi connectivity index (χ3n) is 2.62. The molecule has 0 aromatic carbocycles. The van der Waals surface area contributed by atoms with Gasteiger partial charge in [-0.1, -0.05) is 6.07 Å². The number of aromatic nitrogens is 2. The van der Waals surface area contributed by atoms with E-state index in [9.17, 15) is 18.0 Å². The van der Waals surface area contributed by atoms with Crippen molar-refractivity contribution in [3.63, 3.8) is 0 Å². The maximum absolute atomic E-state index is 12.9. The van der Waals surface area contributed by atoms with E-state index in [4.69, 9.17) is 5.26 Å². The van der Waals surface area contributed by atoms with Crippen LogP contribution in [0.3, 0.4) is 0 Å². The Morgan fingerprint density at radius 2 is 2.05 bits per heavy atom. The molecule has 0 aliphatic rings. The van der Waals surface area contributed by atoms with Crippen molar-refractivity contribution >= 4 is 0 Å². The van der Waals surface area contributed by atoms with Crippen LogP contribution < -0.4 is 5.56 Å². The van der Waals surface area contributed by atoms with Gasteiger partial charge in [-0.3, -0.25) is 9.36 Å². The lowest BCUT2D eigenvalue weighted by atomic mass is 10.2. The van der Waals surface area contributed by atoms with Gasteiger partial charge < -0.3 is 0 Å². The first-order valence-electron chi connectivity index (χ1n) is 5.54. The van der Waals surface area contributed by atoms with Crippen molar-refractivity contribution in [3.8, 4) is 6.07 Å². The minimum absolute atomic E-state index is 0.0834. The molecule has 20 heavy (non-hydrogen) atoms. The summed E-state index contributed by atoms with van der Waals surface area (Å²) in [6, 6.07) is 7.56. The van der Waals surface area contributed by atoms with Crippen molar-refractivity contribution < 1.29 is 13.2 Å². The molecule has 0 aliphatic heterocycles. The van der Waals surface area contributed by atoms with Gasteiger partial charge >= 0.3 is 6.18 Å². The second kappa shape index (κ2) is 5.17. The first-order valence-corrected chi connectivity index (χ1v) is 5.54. The molecule has 102 valence electrons. The van der Waals surface area contributed by atoms with Gasteiger partial charge in [-0.15, -0.1) is 0 Å². The number of halogens is 3. The van der Waals surface area contributed by atoms with Crippen LogP contribution in [0.2, 0.25) is 0 Å². The maximum Gasteiger partial charge on any atom is 0.431 e. The fraction of sp³-hybridized carbons (Fsp3) is 0.154. The molecule has 0 N–H and O–H groups in total. The Morgan fingerprint density at radius 1 is 1.30 bits per heavy atom. The molecule has 0 aliphatic carbocycles. The van der Waals surface area contributed by atoms with E-state index >= 15 is 0 Å². The third-order valence-corrected chi connectivity index (χ3v) is 2.62. The number of alkyl halides is 3. The number of pyridine rings is 2. The first-order chi connectivity index (χ1) is 9.41. The van der Waals surface area contributed by atoms with Crippen LogP contribution in [-0.2, 0) is 12.7 Å². The van der Waals surface area contributed by atoms with Crippen LogP contribution in [0.5, 0.6) is 0 Å². The molecular formula is C13H8F3N3O. The fourth-order valence-electron chi connectivity index (χ4n) is 1.75. The second-order valence-corrected chi connectivity index (χ2v) is 3.99. The van der Waals surface area contributed by atoms with Crippen molar-refractivity contribution in [2.45, 2.75) is 12.7 Å². The summed E-state index contributed by atoms with van der Waals surface area (Å²) >= 11 is 0. The Morgan fingerprint density at radius 3 is 2.70 bits per heavy atom. The Labute approximate surface area is 111 Å². The standard InChI is InChI=1S/C13H8F3N3O/c14-13(15,16)11-2-1-3-12(20)19(11)8-9-4-5-18-10(6-9)7-17/h1-6H,8H2. The highest BCUT2D eigenvalue weighted by Crippen LogP contribution is 2.28. The SMILES string of the molecule is N#Cc1cc(Cn2c(C(F)(F)F)cccc2=O)ccn1. The third kappa shape index (κ3) is 2.85. The Hall–Kier alpha value is -2.62. The summed E-state index contributed by atoms with van der Waals surface area (Å²) in [6.45, 7) is -0.272. The molecule has 2 aromatic rings. The van der Waals surface area contributed by atoms with E-state index in [1.165, 1.54) is 18.3 Å². The lowest BCUT2D eigenvalue weighted by Crippen LogP contribution is -2.27. The zero-order valence-corrected chi connectivity index (χ0v) is 10.1. The molecule has 0 bridgehead atoms. The molecular weight excluding hydrogens is 271 g/mol. The van der Waals surface area contributed by atoms with E-state index < -0.39 is 17.4 Å². The molecule has 0 saturated heterocycles. The molecule has 2 heterocycles. The van der Waals surface area contributed by atoms with Gasteiger partial charge in [0, 0.05) is 12.3 Å². The number of hydrogen-bond donors (Lipinski definition) is 0. The van der Waals surface area contributed by atoms with Gasteiger partial charge in [-0.2, -0.15) is 18.4 Å². The zero-order chi connectivity index (χ0) is 14.8. The molecule has 0 unspecified atom stereocenters.